The number of nitrogens with zero attached hydrogens (tertiary/aromatic N) is 1. The summed E-state index contributed by atoms with van der Waals surface area (Å²) in [5.74, 6) is 0.703. The van der Waals surface area contributed by atoms with Crippen LogP contribution in [0.1, 0.15) is 23.2 Å². The highest BCUT2D eigenvalue weighted by molar-refractivity contribution is 6.31. The minimum atomic E-state index is -0.0637. The first-order valence-corrected chi connectivity index (χ1v) is 5.41. The molecule has 2 aliphatic heterocycles. The maximum Gasteiger partial charge on any atom is 0.260 e. The van der Waals surface area contributed by atoms with Crippen molar-refractivity contribution < 1.29 is 9.53 Å². The van der Waals surface area contributed by atoms with E-state index in [0.29, 0.717) is 16.3 Å². The molecule has 1 amide bonds. The molecular weight excluding hydrogens is 214 g/mol. The van der Waals surface area contributed by atoms with E-state index in [1.54, 1.807) is 23.1 Å². The van der Waals surface area contributed by atoms with E-state index in [9.17, 15) is 4.79 Å². The number of hydrogen-bond donors (Lipinski definition) is 0. The maximum absolute atomic E-state index is 12.0. The lowest BCUT2D eigenvalue weighted by molar-refractivity contribution is 0.0294. The molecule has 0 aliphatic carbocycles. The molecule has 0 radical (unpaired) electrons. The van der Waals surface area contributed by atoms with Crippen LogP contribution in [0.15, 0.2) is 18.2 Å². The minimum Gasteiger partial charge on any atom is -0.470 e. The first-order valence-electron chi connectivity index (χ1n) is 5.03. The van der Waals surface area contributed by atoms with Gasteiger partial charge >= 0.3 is 0 Å². The minimum absolute atomic E-state index is 0.0428. The number of halogens is 1. The zero-order chi connectivity index (χ0) is 10.4. The van der Waals surface area contributed by atoms with E-state index in [2.05, 4.69) is 0 Å². The SMILES string of the molecule is O=C1c2cc(Cl)ccc2OC2CCCN12. The van der Waals surface area contributed by atoms with Crippen LogP contribution < -0.4 is 4.74 Å². The molecule has 0 N–H and O–H groups in total. The Bertz CT molecular complexity index is 433. The lowest BCUT2D eigenvalue weighted by Gasteiger charge is -2.31. The lowest BCUT2D eigenvalue weighted by Crippen LogP contribution is -2.42. The zero-order valence-electron chi connectivity index (χ0n) is 8.07. The quantitative estimate of drug-likeness (QED) is 0.676. The van der Waals surface area contributed by atoms with Gasteiger partial charge in [-0.05, 0) is 24.6 Å². The largest absolute Gasteiger partial charge is 0.470 e. The number of fused-ring (bicyclic) bond motifs is 2. The van der Waals surface area contributed by atoms with Crippen molar-refractivity contribution in [3.63, 3.8) is 0 Å². The van der Waals surface area contributed by atoms with Crippen molar-refractivity contribution in [3.05, 3.63) is 28.8 Å². The fourth-order valence-electron chi connectivity index (χ4n) is 2.16. The molecule has 4 heteroatoms. The number of hydrogen-bond acceptors (Lipinski definition) is 2. The van der Waals surface area contributed by atoms with Crippen LogP contribution in [-0.2, 0) is 0 Å². The topological polar surface area (TPSA) is 29.5 Å². The molecule has 2 heterocycles. The normalized spacial score (nSPS) is 23.4. The number of carbonyl (C=O) groups excluding carboxylic acids is 1. The molecular formula is C11H10ClNO2. The molecule has 0 bridgehead atoms. The molecule has 1 aromatic rings. The molecule has 1 unspecified atom stereocenters. The number of rotatable bonds is 0. The predicted octanol–water partition coefficient (Wildman–Crippen LogP) is 2.29. The van der Waals surface area contributed by atoms with Gasteiger partial charge in [-0.1, -0.05) is 11.6 Å². The number of ether oxygens (including phenoxy) is 1. The molecule has 1 saturated heterocycles. The Morgan fingerprint density at radius 1 is 1.47 bits per heavy atom. The molecule has 0 spiro atoms. The van der Waals surface area contributed by atoms with Crippen molar-refractivity contribution in [1.82, 2.24) is 4.90 Å². The van der Waals surface area contributed by atoms with Crippen LogP contribution in [0.3, 0.4) is 0 Å². The molecule has 0 aromatic heterocycles. The van der Waals surface area contributed by atoms with E-state index in [4.69, 9.17) is 16.3 Å². The Morgan fingerprint density at radius 2 is 2.33 bits per heavy atom. The van der Waals surface area contributed by atoms with Crippen molar-refractivity contribution in [2.75, 3.05) is 6.54 Å². The fraction of sp³-hybridized carbons (Fsp3) is 0.364. The number of carbonyl (C=O) groups is 1. The van der Waals surface area contributed by atoms with Crippen LogP contribution in [0.5, 0.6) is 5.75 Å². The van der Waals surface area contributed by atoms with Crippen molar-refractivity contribution in [2.24, 2.45) is 0 Å². The molecule has 1 atom stereocenters. The molecule has 2 aliphatic rings. The van der Waals surface area contributed by atoms with Gasteiger partial charge in [-0.2, -0.15) is 0 Å². The average molecular weight is 224 g/mol. The van der Waals surface area contributed by atoms with Crippen LogP contribution >= 0.6 is 11.6 Å². The summed E-state index contributed by atoms with van der Waals surface area (Å²) in [5.41, 5.74) is 0.584. The second-order valence-electron chi connectivity index (χ2n) is 3.85. The predicted molar refractivity (Wildman–Crippen MR) is 56.1 cm³/mol. The van der Waals surface area contributed by atoms with Crippen molar-refractivity contribution in [2.45, 2.75) is 19.1 Å². The number of amides is 1. The third kappa shape index (κ3) is 1.30. The second kappa shape index (κ2) is 3.14. The van der Waals surface area contributed by atoms with E-state index in [-0.39, 0.29) is 12.1 Å². The van der Waals surface area contributed by atoms with Gasteiger partial charge in [-0.25, -0.2) is 0 Å². The van der Waals surface area contributed by atoms with E-state index < -0.39 is 0 Å². The third-order valence-electron chi connectivity index (χ3n) is 2.89. The van der Waals surface area contributed by atoms with Gasteiger partial charge in [0.25, 0.3) is 5.91 Å². The Hall–Kier alpha value is -1.22. The van der Waals surface area contributed by atoms with Gasteiger partial charge in [0.15, 0.2) is 6.23 Å². The molecule has 15 heavy (non-hydrogen) atoms. The van der Waals surface area contributed by atoms with Crippen LogP contribution in [0.4, 0.5) is 0 Å². The summed E-state index contributed by atoms with van der Waals surface area (Å²) in [4.78, 5) is 13.8. The average Bonchev–Trinajstić information content (AvgIpc) is 2.68. The van der Waals surface area contributed by atoms with Crippen LogP contribution in [-0.4, -0.2) is 23.6 Å². The first-order chi connectivity index (χ1) is 7.25. The van der Waals surface area contributed by atoms with Crippen LogP contribution in [0.2, 0.25) is 5.02 Å². The summed E-state index contributed by atoms with van der Waals surface area (Å²) in [5, 5.41) is 0.573. The summed E-state index contributed by atoms with van der Waals surface area (Å²) >= 11 is 5.86. The van der Waals surface area contributed by atoms with Gasteiger partial charge in [-0.3, -0.25) is 4.79 Å². The van der Waals surface area contributed by atoms with Crippen molar-refractivity contribution >= 4 is 17.5 Å². The molecule has 1 fully saturated rings. The van der Waals surface area contributed by atoms with Gasteiger partial charge in [0, 0.05) is 18.0 Å². The fourth-order valence-corrected chi connectivity index (χ4v) is 2.34. The first kappa shape index (κ1) is 9.04. The van der Waals surface area contributed by atoms with Gasteiger partial charge in [-0.15, -0.1) is 0 Å². The van der Waals surface area contributed by atoms with E-state index in [0.717, 1.165) is 19.4 Å². The maximum atomic E-state index is 12.0. The Labute approximate surface area is 92.6 Å². The molecule has 78 valence electrons. The van der Waals surface area contributed by atoms with Crippen molar-refractivity contribution in [1.29, 1.82) is 0 Å². The Balaban J connectivity index is 2.09. The molecule has 3 rings (SSSR count). The summed E-state index contributed by atoms with van der Waals surface area (Å²) in [6.07, 6.45) is 1.87. The second-order valence-corrected chi connectivity index (χ2v) is 4.29. The van der Waals surface area contributed by atoms with Crippen LogP contribution in [0.25, 0.3) is 0 Å². The lowest BCUT2D eigenvalue weighted by atomic mass is 10.1. The zero-order valence-corrected chi connectivity index (χ0v) is 8.83. The van der Waals surface area contributed by atoms with Crippen molar-refractivity contribution in [3.8, 4) is 5.75 Å². The van der Waals surface area contributed by atoms with E-state index in [1.807, 2.05) is 0 Å². The van der Waals surface area contributed by atoms with Gasteiger partial charge < -0.3 is 9.64 Å². The van der Waals surface area contributed by atoms with Gasteiger partial charge in [0.2, 0.25) is 0 Å². The summed E-state index contributed by atoms with van der Waals surface area (Å²) in [6, 6.07) is 5.19. The Morgan fingerprint density at radius 3 is 3.20 bits per heavy atom. The molecule has 3 nitrogen and oxygen atoms in total. The van der Waals surface area contributed by atoms with Gasteiger partial charge in [0.05, 0.1) is 5.56 Å². The standard InChI is InChI=1S/C11H10ClNO2/c12-7-3-4-9-8(6-7)11(14)13-5-1-2-10(13)15-9/h3-4,6,10H,1-2,5H2. The molecule has 0 saturated carbocycles. The highest BCUT2D eigenvalue weighted by Crippen LogP contribution is 2.34. The summed E-state index contributed by atoms with van der Waals surface area (Å²) < 4.78 is 5.73. The highest BCUT2D eigenvalue weighted by Gasteiger charge is 2.36. The van der Waals surface area contributed by atoms with E-state index in [1.165, 1.54) is 0 Å². The Kier molecular flexibility index (Phi) is 1.89. The number of benzene rings is 1. The highest BCUT2D eigenvalue weighted by atomic mass is 35.5. The molecule has 1 aromatic carbocycles. The third-order valence-corrected chi connectivity index (χ3v) is 3.13. The monoisotopic (exact) mass is 223 g/mol. The van der Waals surface area contributed by atoms with E-state index >= 15 is 0 Å². The smallest absolute Gasteiger partial charge is 0.260 e. The summed E-state index contributed by atoms with van der Waals surface area (Å²) in [6.45, 7) is 0.787. The van der Waals surface area contributed by atoms with Crippen LogP contribution in [0, 0.1) is 0 Å². The summed E-state index contributed by atoms with van der Waals surface area (Å²) in [7, 11) is 0. The van der Waals surface area contributed by atoms with Gasteiger partial charge in [0.1, 0.15) is 5.75 Å².